The summed E-state index contributed by atoms with van der Waals surface area (Å²) in [4.78, 5) is 35.8. The van der Waals surface area contributed by atoms with Gasteiger partial charge in [0.25, 0.3) is 5.91 Å². The van der Waals surface area contributed by atoms with Crippen LogP contribution in [0.4, 0.5) is 20.2 Å². The lowest BCUT2D eigenvalue weighted by Crippen LogP contribution is -2.50. The van der Waals surface area contributed by atoms with Gasteiger partial charge >= 0.3 is 5.97 Å². The van der Waals surface area contributed by atoms with E-state index in [0.29, 0.717) is 36.4 Å². The molecule has 0 bridgehead atoms. The quantitative estimate of drug-likeness (QED) is 0.350. The SMILES string of the molecule is N[C@H]1C[C@H](OC(=O)c2ccccc2)CN(c2ccncc2NC(=O)c2csc(-c3c(F)cccc3F)n2)C1. The van der Waals surface area contributed by atoms with Crippen LogP contribution in [0.25, 0.3) is 10.6 Å². The number of amides is 1. The highest BCUT2D eigenvalue weighted by atomic mass is 32.1. The third kappa shape index (κ3) is 5.53. The van der Waals surface area contributed by atoms with Crippen molar-refractivity contribution >= 4 is 34.6 Å². The molecule has 5 rings (SSSR count). The van der Waals surface area contributed by atoms with E-state index in [1.807, 2.05) is 11.0 Å². The maximum atomic E-state index is 14.2. The van der Waals surface area contributed by atoms with Gasteiger partial charge in [0.05, 0.1) is 35.2 Å². The number of pyridine rings is 1. The van der Waals surface area contributed by atoms with Crippen LogP contribution in [0.2, 0.25) is 0 Å². The number of nitrogens with two attached hydrogens (primary N) is 1. The Morgan fingerprint density at radius 3 is 2.58 bits per heavy atom. The number of aromatic nitrogens is 2. The van der Waals surface area contributed by atoms with Crippen molar-refractivity contribution in [2.45, 2.75) is 18.6 Å². The van der Waals surface area contributed by atoms with Crippen molar-refractivity contribution in [1.29, 1.82) is 0 Å². The number of nitrogens with zero attached hydrogens (tertiary/aromatic N) is 3. The summed E-state index contributed by atoms with van der Waals surface area (Å²) in [6.45, 7) is 0.840. The Hall–Kier alpha value is -4.22. The number of nitrogens with one attached hydrogen (secondary N) is 1. The van der Waals surface area contributed by atoms with Crippen LogP contribution in [0.3, 0.4) is 0 Å². The second-order valence-corrected chi connectivity index (χ2v) is 9.63. The summed E-state index contributed by atoms with van der Waals surface area (Å²) in [6.07, 6.45) is 3.11. The predicted octanol–water partition coefficient (Wildman–Crippen LogP) is 4.50. The third-order valence-electron chi connectivity index (χ3n) is 6.03. The molecule has 0 aliphatic carbocycles. The Morgan fingerprint density at radius 2 is 1.82 bits per heavy atom. The second-order valence-electron chi connectivity index (χ2n) is 8.78. The Morgan fingerprint density at radius 1 is 1.05 bits per heavy atom. The molecule has 2 aromatic heterocycles. The number of anilines is 2. The molecule has 38 heavy (non-hydrogen) atoms. The molecule has 0 spiro atoms. The van der Waals surface area contributed by atoms with Crippen molar-refractivity contribution < 1.29 is 23.1 Å². The van der Waals surface area contributed by atoms with Crippen LogP contribution in [-0.2, 0) is 4.74 Å². The van der Waals surface area contributed by atoms with E-state index in [1.54, 1.807) is 36.5 Å². The smallest absolute Gasteiger partial charge is 0.338 e. The van der Waals surface area contributed by atoms with Gasteiger partial charge in [-0.25, -0.2) is 18.6 Å². The van der Waals surface area contributed by atoms with E-state index in [4.69, 9.17) is 10.5 Å². The van der Waals surface area contributed by atoms with Gasteiger partial charge in [0.1, 0.15) is 28.4 Å². The lowest BCUT2D eigenvalue weighted by atomic mass is 10.0. The summed E-state index contributed by atoms with van der Waals surface area (Å²) in [5.74, 6) is -2.51. The first-order valence-electron chi connectivity index (χ1n) is 11.8. The van der Waals surface area contributed by atoms with E-state index in [9.17, 15) is 18.4 Å². The summed E-state index contributed by atoms with van der Waals surface area (Å²) in [7, 11) is 0. The van der Waals surface area contributed by atoms with Gasteiger partial charge < -0.3 is 20.7 Å². The molecular weight excluding hydrogens is 512 g/mol. The average Bonchev–Trinajstić information content (AvgIpc) is 3.39. The van der Waals surface area contributed by atoms with E-state index < -0.39 is 29.6 Å². The van der Waals surface area contributed by atoms with Crippen LogP contribution in [0.15, 0.2) is 72.4 Å². The molecule has 3 heterocycles. The molecule has 1 amide bonds. The average molecular weight is 536 g/mol. The molecule has 1 saturated heterocycles. The van der Waals surface area contributed by atoms with E-state index in [1.165, 1.54) is 17.6 Å². The van der Waals surface area contributed by atoms with Gasteiger partial charge in [0.2, 0.25) is 0 Å². The van der Waals surface area contributed by atoms with E-state index >= 15 is 0 Å². The summed E-state index contributed by atoms with van der Waals surface area (Å²) in [6, 6.07) is 13.7. The van der Waals surface area contributed by atoms with E-state index in [0.717, 1.165) is 23.5 Å². The topological polar surface area (TPSA) is 110 Å². The normalized spacial score (nSPS) is 17.2. The second kappa shape index (κ2) is 11.0. The standard InChI is InChI=1S/C27H23F2N5O3S/c28-19-7-4-8-20(29)24(19)26-33-22(15-38-26)25(35)32-21-12-31-10-9-23(21)34-13-17(30)11-18(14-34)37-27(36)16-5-2-1-3-6-16/h1-10,12,15,17-18H,11,13-14,30H2,(H,32,35)/t17-,18-/m0/s1. The van der Waals surface area contributed by atoms with E-state index in [2.05, 4.69) is 15.3 Å². The maximum absolute atomic E-state index is 14.2. The molecule has 11 heteroatoms. The molecule has 0 saturated carbocycles. The van der Waals surface area contributed by atoms with Gasteiger partial charge in [0.15, 0.2) is 0 Å². The first-order valence-corrected chi connectivity index (χ1v) is 12.7. The van der Waals surface area contributed by atoms with E-state index in [-0.39, 0.29) is 22.3 Å². The number of esters is 1. The molecule has 4 aromatic rings. The number of thiazole rings is 1. The minimum atomic E-state index is -0.759. The minimum absolute atomic E-state index is 0.00692. The number of carbonyl (C=O) groups is 2. The molecular formula is C27H23F2N5O3S. The Bertz CT molecular complexity index is 1450. The first-order chi connectivity index (χ1) is 18.4. The minimum Gasteiger partial charge on any atom is -0.457 e. The zero-order valence-electron chi connectivity index (χ0n) is 20.0. The monoisotopic (exact) mass is 535 g/mol. The fourth-order valence-corrected chi connectivity index (χ4v) is 5.15. The molecule has 1 aliphatic heterocycles. The van der Waals surface area contributed by atoms with Crippen LogP contribution < -0.4 is 16.0 Å². The van der Waals surface area contributed by atoms with Crippen LogP contribution in [0.1, 0.15) is 27.3 Å². The molecule has 0 unspecified atom stereocenters. The van der Waals surface area contributed by atoms with Gasteiger partial charge in [-0.3, -0.25) is 9.78 Å². The number of rotatable bonds is 6. The molecule has 3 N–H and O–H groups in total. The highest BCUT2D eigenvalue weighted by Crippen LogP contribution is 2.31. The fourth-order valence-electron chi connectivity index (χ4n) is 4.31. The van der Waals surface area contributed by atoms with Gasteiger partial charge in [-0.2, -0.15) is 0 Å². The molecule has 1 aliphatic rings. The highest BCUT2D eigenvalue weighted by Gasteiger charge is 2.30. The van der Waals surface area contributed by atoms with Gasteiger partial charge in [-0.05, 0) is 30.3 Å². The van der Waals surface area contributed by atoms with Gasteiger partial charge in [-0.1, -0.05) is 24.3 Å². The zero-order valence-corrected chi connectivity index (χ0v) is 20.8. The van der Waals surface area contributed by atoms with Crippen molar-refractivity contribution in [3.8, 4) is 10.6 Å². The van der Waals surface area contributed by atoms with Crippen LogP contribution in [0.5, 0.6) is 0 Å². The van der Waals surface area contributed by atoms with Crippen molar-refractivity contribution in [3.63, 3.8) is 0 Å². The molecule has 0 radical (unpaired) electrons. The molecule has 194 valence electrons. The number of benzene rings is 2. The van der Waals surface area contributed by atoms with Crippen molar-refractivity contribution in [2.75, 3.05) is 23.3 Å². The summed E-state index contributed by atoms with van der Waals surface area (Å²) >= 11 is 0.964. The Labute approximate surface area is 221 Å². The van der Waals surface area contributed by atoms with Crippen LogP contribution in [-0.4, -0.2) is 47.1 Å². The van der Waals surface area contributed by atoms with Crippen molar-refractivity contribution in [2.24, 2.45) is 5.73 Å². The predicted molar refractivity (Wildman–Crippen MR) is 140 cm³/mol. The summed E-state index contributed by atoms with van der Waals surface area (Å²) in [5.41, 5.74) is 7.50. The van der Waals surface area contributed by atoms with Crippen molar-refractivity contribution in [1.82, 2.24) is 9.97 Å². The molecule has 2 atom stereocenters. The summed E-state index contributed by atoms with van der Waals surface area (Å²) in [5, 5.41) is 4.27. The molecule has 2 aromatic carbocycles. The Kier molecular flexibility index (Phi) is 7.38. The number of hydrogen-bond donors (Lipinski definition) is 2. The highest BCUT2D eigenvalue weighted by molar-refractivity contribution is 7.13. The van der Waals surface area contributed by atoms with Crippen LogP contribution >= 0.6 is 11.3 Å². The first kappa shape index (κ1) is 25.4. The summed E-state index contributed by atoms with van der Waals surface area (Å²) < 4.78 is 34.0. The number of hydrogen-bond acceptors (Lipinski definition) is 8. The molecule has 8 nitrogen and oxygen atoms in total. The van der Waals surface area contributed by atoms with Gasteiger partial charge in [0, 0.05) is 30.6 Å². The largest absolute Gasteiger partial charge is 0.457 e. The number of carbonyl (C=O) groups excluding carboxylic acids is 2. The lowest BCUT2D eigenvalue weighted by molar-refractivity contribution is 0.0255. The maximum Gasteiger partial charge on any atom is 0.338 e. The zero-order chi connectivity index (χ0) is 26.6. The van der Waals surface area contributed by atoms with Crippen LogP contribution in [0, 0.1) is 11.6 Å². The fraction of sp³-hybridized carbons (Fsp3) is 0.185. The van der Waals surface area contributed by atoms with Crippen molar-refractivity contribution in [3.05, 3.63) is 95.3 Å². The third-order valence-corrected chi connectivity index (χ3v) is 6.89. The van der Waals surface area contributed by atoms with Gasteiger partial charge in [-0.15, -0.1) is 11.3 Å². The number of piperidine rings is 1. The number of halogens is 2. The number of ether oxygens (including phenoxy) is 1. The molecule has 1 fully saturated rings. The lowest BCUT2D eigenvalue weighted by Gasteiger charge is -2.38. The Balaban J connectivity index is 1.32.